The first-order valence-electron chi connectivity index (χ1n) is 9.15. The molecule has 8 heteroatoms. The summed E-state index contributed by atoms with van der Waals surface area (Å²) in [5.74, 6) is -1.13. The normalized spacial score (nSPS) is 12.2. The van der Waals surface area contributed by atoms with Crippen LogP contribution in [0, 0.1) is 13.8 Å². The first-order valence-corrected chi connectivity index (χ1v) is 11.0. The molecule has 0 aliphatic carbocycles. The summed E-state index contributed by atoms with van der Waals surface area (Å²) in [4.78, 5) is 25.1. The van der Waals surface area contributed by atoms with E-state index in [0.717, 1.165) is 21.7 Å². The fraction of sp³-hybridized carbons (Fsp3) is 0.333. The number of methoxy groups -OCH3 is 1. The fourth-order valence-corrected chi connectivity index (χ4v) is 4.35. The van der Waals surface area contributed by atoms with Crippen molar-refractivity contribution >= 4 is 33.3 Å². The highest BCUT2D eigenvalue weighted by atomic mass is 32.2. The molecule has 0 fully saturated rings. The highest BCUT2D eigenvalue weighted by Crippen LogP contribution is 2.28. The van der Waals surface area contributed by atoms with Crippen molar-refractivity contribution in [2.75, 3.05) is 23.0 Å². The Labute approximate surface area is 171 Å². The molecule has 0 aliphatic rings. The SMILES string of the molecule is CC[C@@H](C(=O)Nc1ccccc1C(=O)OC)N(c1cc(C)ccc1C)S(C)(=O)=O. The second-order valence-corrected chi connectivity index (χ2v) is 8.66. The van der Waals surface area contributed by atoms with E-state index >= 15 is 0 Å². The van der Waals surface area contributed by atoms with E-state index in [-0.39, 0.29) is 17.7 Å². The Morgan fingerprint density at radius 3 is 2.38 bits per heavy atom. The minimum absolute atomic E-state index is 0.191. The van der Waals surface area contributed by atoms with Crippen LogP contribution >= 0.6 is 0 Å². The Morgan fingerprint density at radius 2 is 1.79 bits per heavy atom. The smallest absolute Gasteiger partial charge is 0.339 e. The van der Waals surface area contributed by atoms with Crippen molar-refractivity contribution in [3.05, 3.63) is 59.2 Å². The lowest BCUT2D eigenvalue weighted by atomic mass is 10.1. The molecule has 2 aromatic rings. The summed E-state index contributed by atoms with van der Waals surface area (Å²) < 4.78 is 31.2. The fourth-order valence-electron chi connectivity index (χ4n) is 3.09. The van der Waals surface area contributed by atoms with Crippen molar-refractivity contribution in [1.29, 1.82) is 0 Å². The summed E-state index contributed by atoms with van der Waals surface area (Å²) in [6.07, 6.45) is 1.32. The predicted octanol–water partition coefficient (Wildman–Crippen LogP) is 3.27. The summed E-state index contributed by atoms with van der Waals surface area (Å²) >= 11 is 0. The number of sulfonamides is 1. The van der Waals surface area contributed by atoms with Crippen LogP contribution in [-0.2, 0) is 19.6 Å². The molecule has 0 aromatic heterocycles. The molecule has 0 spiro atoms. The van der Waals surface area contributed by atoms with Gasteiger partial charge >= 0.3 is 5.97 Å². The van der Waals surface area contributed by atoms with Crippen LogP contribution in [0.15, 0.2) is 42.5 Å². The van der Waals surface area contributed by atoms with Gasteiger partial charge in [-0.05, 0) is 49.6 Å². The lowest BCUT2D eigenvalue weighted by Gasteiger charge is -2.31. The Hall–Kier alpha value is -2.87. The number of nitrogens with zero attached hydrogens (tertiary/aromatic N) is 1. The minimum atomic E-state index is -3.76. The van der Waals surface area contributed by atoms with Gasteiger partial charge in [-0.15, -0.1) is 0 Å². The van der Waals surface area contributed by atoms with E-state index in [1.165, 1.54) is 13.2 Å². The van der Waals surface area contributed by atoms with Crippen LogP contribution in [0.1, 0.15) is 34.8 Å². The van der Waals surface area contributed by atoms with E-state index in [1.807, 2.05) is 19.1 Å². The number of ether oxygens (including phenoxy) is 1. The molecule has 0 bridgehead atoms. The minimum Gasteiger partial charge on any atom is -0.465 e. The third-order valence-corrected chi connectivity index (χ3v) is 5.69. The summed E-state index contributed by atoms with van der Waals surface area (Å²) in [5.41, 5.74) is 2.52. The van der Waals surface area contributed by atoms with E-state index < -0.39 is 27.9 Å². The molecule has 2 rings (SSSR count). The van der Waals surface area contributed by atoms with Crippen molar-refractivity contribution < 1.29 is 22.7 Å². The van der Waals surface area contributed by atoms with Crippen molar-refractivity contribution in [2.24, 2.45) is 0 Å². The van der Waals surface area contributed by atoms with Crippen LogP contribution in [-0.4, -0.2) is 39.7 Å². The number of hydrogen-bond acceptors (Lipinski definition) is 5. The molecule has 1 amide bonds. The maximum atomic E-state index is 13.1. The average molecular weight is 419 g/mol. The van der Waals surface area contributed by atoms with Crippen LogP contribution in [0.4, 0.5) is 11.4 Å². The topological polar surface area (TPSA) is 92.8 Å². The van der Waals surface area contributed by atoms with E-state index in [9.17, 15) is 18.0 Å². The summed E-state index contributed by atoms with van der Waals surface area (Å²) in [6.45, 7) is 5.39. The number of carbonyl (C=O) groups excluding carboxylic acids is 2. The molecule has 0 radical (unpaired) electrons. The number of hydrogen-bond donors (Lipinski definition) is 1. The van der Waals surface area contributed by atoms with Crippen molar-refractivity contribution in [1.82, 2.24) is 0 Å². The third-order valence-electron chi connectivity index (χ3n) is 4.52. The molecule has 1 N–H and O–H groups in total. The van der Waals surface area contributed by atoms with Crippen molar-refractivity contribution in [3.8, 4) is 0 Å². The number of rotatable bonds is 7. The zero-order chi connectivity index (χ0) is 21.8. The van der Waals surface area contributed by atoms with Gasteiger partial charge in [0.05, 0.1) is 30.3 Å². The molecule has 0 heterocycles. The first kappa shape index (κ1) is 22.4. The van der Waals surface area contributed by atoms with Crippen molar-refractivity contribution in [3.63, 3.8) is 0 Å². The quantitative estimate of drug-likeness (QED) is 0.697. The second-order valence-electron chi connectivity index (χ2n) is 6.80. The lowest BCUT2D eigenvalue weighted by molar-refractivity contribution is -0.117. The van der Waals surface area contributed by atoms with Gasteiger partial charge < -0.3 is 10.1 Å². The van der Waals surface area contributed by atoms with Gasteiger partial charge in [-0.2, -0.15) is 0 Å². The lowest BCUT2D eigenvalue weighted by Crippen LogP contribution is -2.47. The summed E-state index contributed by atoms with van der Waals surface area (Å²) in [5, 5.41) is 2.69. The summed E-state index contributed by atoms with van der Waals surface area (Å²) in [7, 11) is -2.50. The molecule has 0 saturated carbocycles. The number of aryl methyl sites for hydroxylation is 2. The van der Waals surface area contributed by atoms with Gasteiger partial charge in [0.15, 0.2) is 0 Å². The van der Waals surface area contributed by atoms with Gasteiger partial charge in [0, 0.05) is 0 Å². The number of amides is 1. The van der Waals surface area contributed by atoms with Crippen molar-refractivity contribution in [2.45, 2.75) is 33.2 Å². The van der Waals surface area contributed by atoms with Crippen LogP contribution in [0.25, 0.3) is 0 Å². The highest BCUT2D eigenvalue weighted by Gasteiger charge is 2.33. The van der Waals surface area contributed by atoms with E-state index in [4.69, 9.17) is 4.74 Å². The molecular formula is C21H26N2O5S. The van der Waals surface area contributed by atoms with Gasteiger partial charge in [0.1, 0.15) is 6.04 Å². The molecule has 0 aliphatic heterocycles. The summed E-state index contributed by atoms with van der Waals surface area (Å²) in [6, 6.07) is 10.9. The molecule has 0 saturated heterocycles. The van der Waals surface area contributed by atoms with Crippen LogP contribution in [0.3, 0.4) is 0 Å². The zero-order valence-electron chi connectivity index (χ0n) is 17.2. The Bertz CT molecular complexity index is 1020. The number of carbonyl (C=O) groups is 2. The van der Waals surface area contributed by atoms with Crippen LogP contribution in [0.5, 0.6) is 0 Å². The third kappa shape index (κ3) is 5.14. The monoisotopic (exact) mass is 418 g/mol. The standard InChI is InChI=1S/C21H26N2O5S/c1-6-18(20(24)22-17-10-8-7-9-16(17)21(25)28-4)23(29(5,26)27)19-13-14(2)11-12-15(19)3/h7-13,18H,6H2,1-5H3,(H,22,24)/t18-/m0/s1. The highest BCUT2D eigenvalue weighted by molar-refractivity contribution is 7.92. The van der Waals surface area contributed by atoms with Crippen LogP contribution < -0.4 is 9.62 Å². The molecular weight excluding hydrogens is 392 g/mol. The Kier molecular flexibility index (Phi) is 7.02. The predicted molar refractivity (Wildman–Crippen MR) is 114 cm³/mol. The van der Waals surface area contributed by atoms with Gasteiger partial charge in [0.2, 0.25) is 15.9 Å². The largest absolute Gasteiger partial charge is 0.465 e. The van der Waals surface area contributed by atoms with E-state index in [2.05, 4.69) is 5.32 Å². The van der Waals surface area contributed by atoms with Gasteiger partial charge in [0.25, 0.3) is 0 Å². The number of esters is 1. The molecule has 1 atom stereocenters. The molecule has 29 heavy (non-hydrogen) atoms. The maximum Gasteiger partial charge on any atom is 0.339 e. The molecule has 2 aromatic carbocycles. The number of para-hydroxylation sites is 1. The second kappa shape index (κ2) is 9.09. The Balaban J connectivity index is 2.48. The average Bonchev–Trinajstić information content (AvgIpc) is 2.66. The van der Waals surface area contributed by atoms with Crippen LogP contribution in [0.2, 0.25) is 0 Å². The number of benzene rings is 2. The van der Waals surface area contributed by atoms with Gasteiger partial charge in [-0.1, -0.05) is 31.2 Å². The maximum absolute atomic E-state index is 13.1. The molecule has 156 valence electrons. The first-order chi connectivity index (χ1) is 13.6. The zero-order valence-corrected chi connectivity index (χ0v) is 18.0. The number of nitrogens with one attached hydrogen (secondary N) is 1. The molecule has 7 nitrogen and oxygen atoms in total. The Morgan fingerprint density at radius 1 is 1.14 bits per heavy atom. The molecule has 0 unspecified atom stereocenters. The van der Waals surface area contributed by atoms with E-state index in [0.29, 0.717) is 5.69 Å². The van der Waals surface area contributed by atoms with Gasteiger partial charge in [-0.25, -0.2) is 13.2 Å². The number of anilines is 2. The van der Waals surface area contributed by atoms with E-state index in [1.54, 1.807) is 38.1 Å². The van der Waals surface area contributed by atoms with Gasteiger partial charge in [-0.3, -0.25) is 9.10 Å².